The summed E-state index contributed by atoms with van der Waals surface area (Å²) in [5.41, 5.74) is 0. The van der Waals surface area contributed by atoms with E-state index in [1.807, 2.05) is 6.92 Å². The van der Waals surface area contributed by atoms with Crippen molar-refractivity contribution in [3.05, 3.63) is 0 Å². The molecular weight excluding hydrogens is 321 g/mol. The monoisotopic (exact) mass is 349 g/mol. The van der Waals surface area contributed by atoms with Gasteiger partial charge in [0.25, 0.3) is 0 Å². The van der Waals surface area contributed by atoms with Crippen molar-refractivity contribution in [3.63, 3.8) is 0 Å². The standard InChI is InChI=1S/C12H27N3O2S.2ClH/c1-3-4-12(2)11-18(16,17)14-7-10-15-8-5-13-6-9-15;;/h12-14H,3-11H2,1-2H3;2*1H. The van der Waals surface area contributed by atoms with E-state index in [1.165, 1.54) is 0 Å². The van der Waals surface area contributed by atoms with Gasteiger partial charge in [0.05, 0.1) is 5.75 Å². The highest BCUT2D eigenvalue weighted by Gasteiger charge is 2.15. The summed E-state index contributed by atoms with van der Waals surface area (Å²) in [6.07, 6.45) is 2.01. The SMILES string of the molecule is CCCC(C)CS(=O)(=O)NCCN1CCNCC1.Cl.Cl. The fourth-order valence-electron chi connectivity index (χ4n) is 2.30. The molecule has 1 aliphatic rings. The fourth-order valence-corrected chi connectivity index (χ4v) is 3.74. The van der Waals surface area contributed by atoms with E-state index in [9.17, 15) is 8.42 Å². The van der Waals surface area contributed by atoms with Crippen molar-refractivity contribution in [3.8, 4) is 0 Å². The highest BCUT2D eigenvalue weighted by molar-refractivity contribution is 7.89. The number of hydrogen-bond acceptors (Lipinski definition) is 4. The Hall–Kier alpha value is 0.410. The first kappa shape index (κ1) is 22.7. The number of sulfonamides is 1. The van der Waals surface area contributed by atoms with Gasteiger partial charge in [-0.25, -0.2) is 13.1 Å². The highest BCUT2D eigenvalue weighted by Crippen LogP contribution is 2.07. The number of piperazine rings is 1. The van der Waals surface area contributed by atoms with Crippen LogP contribution in [0, 0.1) is 5.92 Å². The summed E-state index contributed by atoms with van der Waals surface area (Å²) in [5.74, 6) is 0.495. The van der Waals surface area contributed by atoms with Gasteiger partial charge >= 0.3 is 0 Å². The molecule has 1 fully saturated rings. The molecule has 1 rings (SSSR count). The van der Waals surface area contributed by atoms with Crippen molar-refractivity contribution in [2.24, 2.45) is 5.92 Å². The molecule has 0 amide bonds. The number of rotatable bonds is 8. The summed E-state index contributed by atoms with van der Waals surface area (Å²) in [4.78, 5) is 2.29. The summed E-state index contributed by atoms with van der Waals surface area (Å²) < 4.78 is 26.3. The van der Waals surface area contributed by atoms with Gasteiger partial charge in [-0.15, -0.1) is 24.8 Å². The van der Waals surface area contributed by atoms with Crippen molar-refractivity contribution in [1.82, 2.24) is 14.9 Å². The minimum absolute atomic E-state index is 0. The minimum Gasteiger partial charge on any atom is -0.314 e. The van der Waals surface area contributed by atoms with Gasteiger partial charge in [-0.3, -0.25) is 4.90 Å². The molecule has 20 heavy (non-hydrogen) atoms. The zero-order chi connectivity index (χ0) is 13.4. The lowest BCUT2D eigenvalue weighted by Gasteiger charge is -2.27. The van der Waals surface area contributed by atoms with E-state index < -0.39 is 10.0 Å². The first-order chi connectivity index (χ1) is 8.53. The van der Waals surface area contributed by atoms with Crippen LogP contribution in [0.2, 0.25) is 0 Å². The van der Waals surface area contributed by atoms with Gasteiger partial charge in [-0.1, -0.05) is 20.3 Å². The number of halogens is 2. The maximum absolute atomic E-state index is 11.8. The lowest BCUT2D eigenvalue weighted by Crippen LogP contribution is -2.46. The van der Waals surface area contributed by atoms with Crippen LogP contribution < -0.4 is 10.0 Å². The summed E-state index contributed by atoms with van der Waals surface area (Å²) >= 11 is 0. The van der Waals surface area contributed by atoms with E-state index in [-0.39, 0.29) is 36.5 Å². The molecule has 0 aromatic heterocycles. The Balaban J connectivity index is 0. The lowest BCUT2D eigenvalue weighted by molar-refractivity contribution is 0.245. The van der Waals surface area contributed by atoms with Crippen LogP contribution in [0.4, 0.5) is 0 Å². The van der Waals surface area contributed by atoms with Gasteiger partial charge < -0.3 is 5.32 Å². The predicted molar refractivity (Wildman–Crippen MR) is 89.7 cm³/mol. The molecule has 0 aromatic rings. The van der Waals surface area contributed by atoms with Crippen LogP contribution in [-0.4, -0.2) is 58.3 Å². The molecule has 0 aliphatic carbocycles. The third-order valence-electron chi connectivity index (χ3n) is 3.25. The molecule has 0 bridgehead atoms. The van der Waals surface area contributed by atoms with E-state index in [0.717, 1.165) is 45.6 Å². The topological polar surface area (TPSA) is 61.4 Å². The second-order valence-electron chi connectivity index (χ2n) is 5.16. The summed E-state index contributed by atoms with van der Waals surface area (Å²) in [6.45, 7) is 9.44. The summed E-state index contributed by atoms with van der Waals surface area (Å²) in [5, 5.41) is 3.28. The molecule has 0 spiro atoms. The van der Waals surface area contributed by atoms with Crippen molar-refractivity contribution >= 4 is 34.8 Å². The molecule has 1 unspecified atom stereocenters. The van der Waals surface area contributed by atoms with Gasteiger partial charge in [-0.05, 0) is 12.3 Å². The average molecular weight is 350 g/mol. The molecule has 1 heterocycles. The third-order valence-corrected chi connectivity index (χ3v) is 4.90. The molecule has 8 heteroatoms. The van der Waals surface area contributed by atoms with Crippen molar-refractivity contribution in [1.29, 1.82) is 0 Å². The lowest BCUT2D eigenvalue weighted by atomic mass is 10.1. The maximum atomic E-state index is 11.8. The van der Waals surface area contributed by atoms with Crippen molar-refractivity contribution in [2.75, 3.05) is 45.0 Å². The predicted octanol–water partition coefficient (Wildman–Crippen LogP) is 1.09. The van der Waals surface area contributed by atoms with Gasteiger partial charge in [0, 0.05) is 39.3 Å². The first-order valence-corrected chi connectivity index (χ1v) is 8.59. The molecule has 0 saturated carbocycles. The van der Waals surface area contributed by atoms with Gasteiger partial charge in [0.1, 0.15) is 0 Å². The van der Waals surface area contributed by atoms with Crippen LogP contribution in [0.15, 0.2) is 0 Å². The van der Waals surface area contributed by atoms with E-state index >= 15 is 0 Å². The second-order valence-corrected chi connectivity index (χ2v) is 7.01. The summed E-state index contributed by atoms with van der Waals surface area (Å²) in [6, 6.07) is 0. The zero-order valence-corrected chi connectivity index (χ0v) is 14.9. The molecule has 0 radical (unpaired) electrons. The number of hydrogen-bond donors (Lipinski definition) is 2. The smallest absolute Gasteiger partial charge is 0.211 e. The molecule has 1 saturated heterocycles. The van der Waals surface area contributed by atoms with Gasteiger partial charge in [0.2, 0.25) is 10.0 Å². The molecule has 124 valence electrons. The molecule has 0 aromatic carbocycles. The summed E-state index contributed by atoms with van der Waals surface area (Å²) in [7, 11) is -3.10. The van der Waals surface area contributed by atoms with Crippen LogP contribution in [0.1, 0.15) is 26.7 Å². The maximum Gasteiger partial charge on any atom is 0.211 e. The molecule has 2 N–H and O–H groups in total. The van der Waals surface area contributed by atoms with Crippen LogP contribution in [0.3, 0.4) is 0 Å². The fraction of sp³-hybridized carbons (Fsp3) is 1.00. The minimum atomic E-state index is -3.10. The van der Waals surface area contributed by atoms with E-state index in [0.29, 0.717) is 6.54 Å². The number of nitrogens with zero attached hydrogens (tertiary/aromatic N) is 1. The van der Waals surface area contributed by atoms with Gasteiger partial charge in [0.15, 0.2) is 0 Å². The van der Waals surface area contributed by atoms with Crippen molar-refractivity contribution < 1.29 is 8.42 Å². The quantitative estimate of drug-likeness (QED) is 0.688. The Morgan fingerprint density at radius 2 is 1.85 bits per heavy atom. The van der Waals surface area contributed by atoms with Crippen LogP contribution in [0.25, 0.3) is 0 Å². The molecule has 1 atom stereocenters. The molecular formula is C12H29Cl2N3O2S. The Bertz CT molecular complexity index is 323. The Morgan fingerprint density at radius 3 is 2.40 bits per heavy atom. The van der Waals surface area contributed by atoms with E-state index in [4.69, 9.17) is 0 Å². The van der Waals surface area contributed by atoms with Crippen molar-refractivity contribution in [2.45, 2.75) is 26.7 Å². The van der Waals surface area contributed by atoms with Gasteiger partial charge in [-0.2, -0.15) is 0 Å². The number of nitrogens with one attached hydrogen (secondary N) is 2. The van der Waals surface area contributed by atoms with Crippen LogP contribution >= 0.6 is 24.8 Å². The average Bonchev–Trinajstić information content (AvgIpc) is 2.29. The second kappa shape index (κ2) is 12.0. The molecule has 5 nitrogen and oxygen atoms in total. The normalized spacial score (nSPS) is 17.9. The Kier molecular flexibility index (Phi) is 13.6. The van der Waals surface area contributed by atoms with Crippen LogP contribution in [0.5, 0.6) is 0 Å². The van der Waals surface area contributed by atoms with Crippen LogP contribution in [-0.2, 0) is 10.0 Å². The van der Waals surface area contributed by atoms with E-state index in [1.54, 1.807) is 0 Å². The van der Waals surface area contributed by atoms with E-state index in [2.05, 4.69) is 21.9 Å². The molecule has 1 aliphatic heterocycles. The third kappa shape index (κ3) is 10.2. The Morgan fingerprint density at radius 1 is 1.25 bits per heavy atom. The largest absolute Gasteiger partial charge is 0.314 e. The Labute approximate surface area is 136 Å². The zero-order valence-electron chi connectivity index (χ0n) is 12.4. The highest BCUT2D eigenvalue weighted by atomic mass is 35.5. The first-order valence-electron chi connectivity index (χ1n) is 6.94.